The van der Waals surface area contributed by atoms with Crippen molar-refractivity contribution in [3.8, 4) is 17.1 Å². The first kappa shape index (κ1) is 22.9. The van der Waals surface area contributed by atoms with Crippen LogP contribution in [-0.2, 0) is 10.3 Å². The zero-order valence-electron chi connectivity index (χ0n) is 20.6. The largest absolute Gasteiger partial charge is 0.497 e. The average molecular weight is 460 g/mol. The SMILES string of the molecule is COc1ccc(-c2nc3ccccc3n2C(C(N)=O)(C2CCCCC2)C2CCCCC2)c(C)c1. The number of primary amides is 1. The van der Waals surface area contributed by atoms with E-state index in [1.54, 1.807) is 7.11 Å². The Morgan fingerprint density at radius 1 is 0.971 bits per heavy atom. The summed E-state index contributed by atoms with van der Waals surface area (Å²) in [4.78, 5) is 19.0. The van der Waals surface area contributed by atoms with Gasteiger partial charge in [-0.05, 0) is 80.3 Å². The summed E-state index contributed by atoms with van der Waals surface area (Å²) in [5, 5.41) is 0. The number of rotatable bonds is 6. The van der Waals surface area contributed by atoms with Crippen LogP contribution >= 0.6 is 0 Å². The third kappa shape index (κ3) is 3.70. The van der Waals surface area contributed by atoms with Crippen LogP contribution in [0.4, 0.5) is 0 Å². The molecule has 0 bridgehead atoms. The monoisotopic (exact) mass is 459 g/mol. The van der Waals surface area contributed by atoms with Gasteiger partial charge in [-0.15, -0.1) is 0 Å². The number of methoxy groups -OCH3 is 1. The Bertz CT molecular complexity index is 1150. The molecular weight excluding hydrogens is 422 g/mol. The van der Waals surface area contributed by atoms with E-state index in [9.17, 15) is 4.79 Å². The van der Waals surface area contributed by atoms with E-state index in [1.165, 1.54) is 12.8 Å². The fraction of sp³-hybridized carbons (Fsp3) is 0.517. The fourth-order valence-corrected chi connectivity index (χ4v) is 6.89. The van der Waals surface area contributed by atoms with E-state index >= 15 is 0 Å². The van der Waals surface area contributed by atoms with Crippen LogP contribution < -0.4 is 10.5 Å². The number of fused-ring (bicyclic) bond motifs is 1. The number of hydrogen-bond acceptors (Lipinski definition) is 3. The Morgan fingerprint density at radius 3 is 2.15 bits per heavy atom. The molecule has 2 aliphatic carbocycles. The van der Waals surface area contributed by atoms with Gasteiger partial charge in [0.15, 0.2) is 0 Å². The molecule has 5 nitrogen and oxygen atoms in total. The molecule has 2 aliphatic rings. The van der Waals surface area contributed by atoms with Crippen molar-refractivity contribution in [3.05, 3.63) is 48.0 Å². The second-order valence-electron chi connectivity index (χ2n) is 10.3. The van der Waals surface area contributed by atoms with Crippen LogP contribution in [0.3, 0.4) is 0 Å². The number of imidazole rings is 1. The first-order valence-electron chi connectivity index (χ1n) is 13.0. The molecule has 2 aromatic carbocycles. The molecule has 2 fully saturated rings. The topological polar surface area (TPSA) is 70.1 Å². The van der Waals surface area contributed by atoms with Gasteiger partial charge in [-0.25, -0.2) is 4.98 Å². The van der Waals surface area contributed by atoms with E-state index in [0.717, 1.165) is 85.1 Å². The number of benzene rings is 2. The maximum absolute atomic E-state index is 13.9. The number of para-hydroxylation sites is 2. The molecule has 0 radical (unpaired) electrons. The Kier molecular flexibility index (Phi) is 6.37. The van der Waals surface area contributed by atoms with Crippen LogP contribution in [0.25, 0.3) is 22.4 Å². The summed E-state index contributed by atoms with van der Waals surface area (Å²) in [6.07, 6.45) is 11.3. The fourth-order valence-electron chi connectivity index (χ4n) is 6.89. The predicted octanol–water partition coefficient (Wildman–Crippen LogP) is 6.36. The zero-order valence-corrected chi connectivity index (χ0v) is 20.6. The van der Waals surface area contributed by atoms with Crippen molar-refractivity contribution >= 4 is 16.9 Å². The maximum Gasteiger partial charge on any atom is 0.244 e. The summed E-state index contributed by atoms with van der Waals surface area (Å²) >= 11 is 0. The van der Waals surface area contributed by atoms with E-state index in [0.29, 0.717) is 0 Å². The first-order valence-corrected chi connectivity index (χ1v) is 13.0. The minimum Gasteiger partial charge on any atom is -0.497 e. The van der Waals surface area contributed by atoms with Gasteiger partial charge in [0.05, 0.1) is 18.1 Å². The number of hydrogen-bond donors (Lipinski definition) is 1. The molecule has 0 aliphatic heterocycles. The highest BCUT2D eigenvalue weighted by Gasteiger charge is 2.53. The van der Waals surface area contributed by atoms with Gasteiger partial charge in [-0.3, -0.25) is 4.79 Å². The number of ether oxygens (including phenoxy) is 1. The Hall–Kier alpha value is -2.82. The molecular formula is C29H37N3O2. The van der Waals surface area contributed by atoms with E-state index < -0.39 is 5.54 Å². The van der Waals surface area contributed by atoms with Gasteiger partial charge in [0, 0.05) is 5.56 Å². The lowest BCUT2D eigenvalue weighted by molar-refractivity contribution is -0.135. The predicted molar refractivity (Wildman–Crippen MR) is 137 cm³/mol. The molecule has 0 spiro atoms. The van der Waals surface area contributed by atoms with Crippen LogP contribution in [0.5, 0.6) is 5.75 Å². The van der Waals surface area contributed by atoms with Gasteiger partial charge in [0.25, 0.3) is 0 Å². The minimum absolute atomic E-state index is 0.179. The third-order valence-electron chi connectivity index (χ3n) is 8.46. The standard InChI is InChI=1S/C29H37N3O2/c1-20-19-23(34-2)17-18-24(20)27-31-25-15-9-10-16-26(25)32(27)29(28(30)33,21-11-5-3-6-12-21)22-13-7-4-8-14-22/h9-10,15-19,21-22H,3-8,11-14H2,1-2H3,(H2,30,33). The molecule has 5 rings (SSSR count). The van der Waals surface area contributed by atoms with Gasteiger partial charge in [-0.2, -0.15) is 0 Å². The average Bonchev–Trinajstić information content (AvgIpc) is 3.25. The molecule has 1 aromatic heterocycles. The molecule has 3 aromatic rings. The normalized spacial score (nSPS) is 18.3. The smallest absolute Gasteiger partial charge is 0.244 e. The highest BCUT2D eigenvalue weighted by molar-refractivity contribution is 5.90. The minimum atomic E-state index is -0.765. The van der Waals surface area contributed by atoms with Crippen molar-refractivity contribution in [1.29, 1.82) is 0 Å². The van der Waals surface area contributed by atoms with Crippen molar-refractivity contribution in [2.45, 2.75) is 76.7 Å². The van der Waals surface area contributed by atoms with Crippen LogP contribution in [0, 0.1) is 18.8 Å². The number of nitrogens with zero attached hydrogens (tertiary/aromatic N) is 2. The summed E-state index contributed by atoms with van der Waals surface area (Å²) in [7, 11) is 1.69. The summed E-state index contributed by atoms with van der Waals surface area (Å²) in [6.45, 7) is 2.09. The van der Waals surface area contributed by atoms with E-state index in [1.807, 2.05) is 18.2 Å². The lowest BCUT2D eigenvalue weighted by Gasteiger charge is -2.48. The number of aromatic nitrogens is 2. The number of aryl methyl sites for hydroxylation is 1. The molecule has 2 N–H and O–H groups in total. The van der Waals surface area contributed by atoms with E-state index in [4.69, 9.17) is 15.5 Å². The number of carbonyl (C=O) groups excluding carboxylic acids is 1. The third-order valence-corrected chi connectivity index (χ3v) is 8.46. The quantitative estimate of drug-likeness (QED) is 0.466. The van der Waals surface area contributed by atoms with Gasteiger partial charge in [-0.1, -0.05) is 50.7 Å². The highest BCUT2D eigenvalue weighted by atomic mass is 16.5. The molecule has 0 atom stereocenters. The Balaban J connectivity index is 1.83. The molecule has 0 saturated heterocycles. The number of nitrogens with two attached hydrogens (primary N) is 1. The second-order valence-corrected chi connectivity index (χ2v) is 10.3. The van der Waals surface area contributed by atoms with E-state index in [-0.39, 0.29) is 17.7 Å². The molecule has 5 heteroatoms. The highest BCUT2D eigenvalue weighted by Crippen LogP contribution is 2.50. The van der Waals surface area contributed by atoms with Crippen LogP contribution in [-0.4, -0.2) is 22.6 Å². The summed E-state index contributed by atoms with van der Waals surface area (Å²) in [6, 6.07) is 14.4. The zero-order chi connectivity index (χ0) is 23.7. The Labute approximate surface area is 202 Å². The number of amides is 1. The Morgan fingerprint density at radius 2 is 1.59 bits per heavy atom. The maximum atomic E-state index is 13.9. The van der Waals surface area contributed by atoms with Gasteiger partial charge in [0.2, 0.25) is 5.91 Å². The lowest BCUT2D eigenvalue weighted by atomic mass is 9.63. The molecule has 2 saturated carbocycles. The van der Waals surface area contributed by atoms with Gasteiger partial charge in [0.1, 0.15) is 17.1 Å². The lowest BCUT2D eigenvalue weighted by Crippen LogP contribution is -2.58. The molecule has 1 heterocycles. The van der Waals surface area contributed by atoms with Crippen molar-refractivity contribution < 1.29 is 9.53 Å². The first-order chi connectivity index (χ1) is 16.6. The number of carbonyl (C=O) groups is 1. The summed E-state index contributed by atoms with van der Waals surface area (Å²) in [5.74, 6) is 1.97. The van der Waals surface area contributed by atoms with Crippen LogP contribution in [0.15, 0.2) is 42.5 Å². The molecule has 0 unspecified atom stereocenters. The van der Waals surface area contributed by atoms with Gasteiger partial charge < -0.3 is 15.0 Å². The van der Waals surface area contributed by atoms with E-state index in [2.05, 4.69) is 35.8 Å². The van der Waals surface area contributed by atoms with Crippen LogP contribution in [0.1, 0.15) is 69.8 Å². The molecule has 180 valence electrons. The second kappa shape index (κ2) is 9.44. The van der Waals surface area contributed by atoms with Crippen molar-refractivity contribution in [1.82, 2.24) is 9.55 Å². The molecule has 34 heavy (non-hydrogen) atoms. The molecule has 1 amide bonds. The summed E-state index contributed by atoms with van der Waals surface area (Å²) < 4.78 is 7.77. The van der Waals surface area contributed by atoms with Crippen molar-refractivity contribution in [3.63, 3.8) is 0 Å². The summed E-state index contributed by atoms with van der Waals surface area (Å²) in [5.41, 5.74) is 9.83. The van der Waals surface area contributed by atoms with Gasteiger partial charge >= 0.3 is 0 Å². The van der Waals surface area contributed by atoms with Crippen molar-refractivity contribution in [2.24, 2.45) is 17.6 Å². The van der Waals surface area contributed by atoms with Crippen molar-refractivity contribution in [2.75, 3.05) is 7.11 Å². The van der Waals surface area contributed by atoms with Crippen LogP contribution in [0.2, 0.25) is 0 Å².